The van der Waals surface area contributed by atoms with Gasteiger partial charge in [0.1, 0.15) is 23.5 Å². The van der Waals surface area contributed by atoms with E-state index in [4.69, 9.17) is 0 Å². The van der Waals surface area contributed by atoms with Gasteiger partial charge in [-0.3, -0.25) is 4.79 Å². The summed E-state index contributed by atoms with van der Waals surface area (Å²) >= 11 is 1.38. The van der Waals surface area contributed by atoms with Gasteiger partial charge in [-0.05, 0) is 36.8 Å². The number of rotatable bonds is 5. The largest absolute Gasteiger partial charge is 0.433 e. The molecule has 0 fully saturated rings. The van der Waals surface area contributed by atoms with Gasteiger partial charge in [-0.1, -0.05) is 23.9 Å². The normalized spacial score (nSPS) is 12.6. The number of benzene rings is 1. The van der Waals surface area contributed by atoms with Gasteiger partial charge in [0.25, 0.3) is 5.91 Å². The average Bonchev–Trinajstić information content (AvgIpc) is 3.07. The Bertz CT molecular complexity index is 1040. The number of hydrogen-bond acceptors (Lipinski definition) is 5. The quantitative estimate of drug-likeness (QED) is 0.482. The van der Waals surface area contributed by atoms with Crippen LogP contribution in [0.3, 0.4) is 0 Å². The molecule has 0 bridgehead atoms. The van der Waals surface area contributed by atoms with Crippen LogP contribution in [-0.2, 0) is 13.2 Å². The Balaban J connectivity index is 1.80. The predicted octanol–water partition coefficient (Wildman–Crippen LogP) is 4.47. The summed E-state index contributed by atoms with van der Waals surface area (Å²) in [6.07, 6.45) is -3.14. The molecule has 0 saturated heterocycles. The van der Waals surface area contributed by atoms with E-state index in [-0.39, 0.29) is 10.9 Å². The highest BCUT2D eigenvalue weighted by molar-refractivity contribution is 7.99. The van der Waals surface area contributed by atoms with Crippen molar-refractivity contribution in [3.8, 4) is 0 Å². The molecule has 0 radical (unpaired) electrons. The Morgan fingerprint density at radius 3 is 2.66 bits per heavy atom. The second kappa shape index (κ2) is 8.19. The number of nitrogens with zero attached hydrogens (tertiary/aromatic N) is 4. The third-order valence-corrected chi connectivity index (χ3v) is 5.14. The van der Waals surface area contributed by atoms with Gasteiger partial charge in [0, 0.05) is 12.3 Å². The van der Waals surface area contributed by atoms with E-state index < -0.39 is 29.3 Å². The van der Waals surface area contributed by atoms with Crippen LogP contribution in [0.4, 0.5) is 23.2 Å². The molecule has 1 aromatic carbocycles. The summed E-state index contributed by atoms with van der Waals surface area (Å²) in [5, 5.41) is 10.5. The highest BCUT2D eigenvalue weighted by atomic mass is 32.2. The average molecular weight is 425 g/mol. The summed E-state index contributed by atoms with van der Waals surface area (Å²) in [5.74, 6) is -1.66. The second-order valence-corrected chi connectivity index (χ2v) is 7.39. The molecule has 1 atom stereocenters. The summed E-state index contributed by atoms with van der Waals surface area (Å²) in [6, 6.07) is 7.11. The minimum absolute atomic E-state index is 0.152. The fourth-order valence-corrected chi connectivity index (χ4v) is 3.31. The molecule has 0 aliphatic carbocycles. The van der Waals surface area contributed by atoms with Crippen LogP contribution in [0.1, 0.15) is 33.9 Å². The van der Waals surface area contributed by atoms with E-state index in [0.717, 1.165) is 18.2 Å². The SMILES string of the molecule is C[C@@H](Sc1nncn1C)c1ccc(F)c(NC(=O)c2cccc(C(F)(F)F)n2)c1. The second-order valence-electron chi connectivity index (χ2n) is 6.08. The lowest BCUT2D eigenvalue weighted by atomic mass is 10.1. The Morgan fingerprint density at radius 1 is 1.24 bits per heavy atom. The van der Waals surface area contributed by atoms with Crippen molar-refractivity contribution in [2.75, 3.05) is 5.32 Å². The van der Waals surface area contributed by atoms with Gasteiger partial charge in [0.2, 0.25) is 0 Å². The molecule has 2 aromatic heterocycles. The molecule has 3 rings (SSSR count). The smallest absolute Gasteiger partial charge is 0.318 e. The standard InChI is InChI=1S/C18H15F4N5OS/c1-10(29-17-26-23-9-27(17)2)11-6-7-12(19)14(8-11)25-16(28)13-4-3-5-15(24-13)18(20,21)22/h3-10H,1-2H3,(H,25,28)/t10-/m1/s1. The van der Waals surface area contributed by atoms with E-state index in [0.29, 0.717) is 10.7 Å². The predicted molar refractivity (Wildman–Crippen MR) is 98.9 cm³/mol. The van der Waals surface area contributed by atoms with E-state index in [1.165, 1.54) is 23.9 Å². The Labute approximate surface area is 167 Å². The number of amides is 1. The van der Waals surface area contributed by atoms with E-state index >= 15 is 0 Å². The monoisotopic (exact) mass is 425 g/mol. The maximum Gasteiger partial charge on any atom is 0.433 e. The lowest BCUT2D eigenvalue weighted by Gasteiger charge is -2.14. The van der Waals surface area contributed by atoms with Crippen LogP contribution in [0.25, 0.3) is 0 Å². The topological polar surface area (TPSA) is 72.7 Å². The van der Waals surface area contributed by atoms with Gasteiger partial charge in [-0.2, -0.15) is 13.2 Å². The molecule has 29 heavy (non-hydrogen) atoms. The van der Waals surface area contributed by atoms with Crippen molar-refractivity contribution >= 4 is 23.4 Å². The van der Waals surface area contributed by atoms with E-state index in [9.17, 15) is 22.4 Å². The number of aromatic nitrogens is 4. The van der Waals surface area contributed by atoms with Gasteiger partial charge in [-0.15, -0.1) is 10.2 Å². The van der Waals surface area contributed by atoms with Gasteiger partial charge in [0.15, 0.2) is 5.16 Å². The number of anilines is 1. The fourth-order valence-electron chi connectivity index (χ4n) is 2.40. The molecule has 11 heteroatoms. The van der Waals surface area contributed by atoms with Crippen LogP contribution >= 0.6 is 11.8 Å². The van der Waals surface area contributed by atoms with Gasteiger partial charge < -0.3 is 9.88 Å². The van der Waals surface area contributed by atoms with Crippen LogP contribution in [0, 0.1) is 5.82 Å². The van der Waals surface area contributed by atoms with Crippen molar-refractivity contribution in [2.45, 2.75) is 23.5 Å². The Hall–Kier alpha value is -2.95. The molecular formula is C18H15F4N5OS. The fraction of sp³-hybridized carbons (Fsp3) is 0.222. The number of thioether (sulfide) groups is 1. The molecule has 2 heterocycles. The molecular weight excluding hydrogens is 410 g/mol. The summed E-state index contributed by atoms with van der Waals surface area (Å²) in [4.78, 5) is 15.6. The van der Waals surface area contributed by atoms with Crippen molar-refractivity contribution in [1.29, 1.82) is 0 Å². The number of nitrogens with one attached hydrogen (secondary N) is 1. The van der Waals surface area contributed by atoms with Crippen LogP contribution in [0.5, 0.6) is 0 Å². The van der Waals surface area contributed by atoms with Crippen molar-refractivity contribution in [3.05, 3.63) is 65.5 Å². The number of aryl methyl sites for hydroxylation is 1. The lowest BCUT2D eigenvalue weighted by molar-refractivity contribution is -0.141. The minimum Gasteiger partial charge on any atom is -0.318 e. The van der Waals surface area contributed by atoms with Crippen LogP contribution in [0.2, 0.25) is 0 Å². The number of alkyl halides is 3. The zero-order valence-electron chi connectivity index (χ0n) is 15.2. The summed E-state index contributed by atoms with van der Waals surface area (Å²) in [7, 11) is 1.79. The first kappa shape index (κ1) is 20.8. The number of halogens is 4. The lowest BCUT2D eigenvalue weighted by Crippen LogP contribution is -2.17. The van der Waals surface area contributed by atoms with Gasteiger partial charge in [0.05, 0.1) is 5.69 Å². The van der Waals surface area contributed by atoms with E-state index in [2.05, 4.69) is 20.5 Å². The van der Waals surface area contributed by atoms with E-state index in [1.54, 1.807) is 24.0 Å². The van der Waals surface area contributed by atoms with Crippen LogP contribution < -0.4 is 5.32 Å². The first-order valence-electron chi connectivity index (χ1n) is 8.31. The van der Waals surface area contributed by atoms with Crippen molar-refractivity contribution in [3.63, 3.8) is 0 Å². The highest BCUT2D eigenvalue weighted by Gasteiger charge is 2.33. The summed E-state index contributed by atoms with van der Waals surface area (Å²) in [5.41, 5.74) is -1.14. The Kier molecular flexibility index (Phi) is 5.87. The van der Waals surface area contributed by atoms with E-state index in [1.807, 2.05) is 6.92 Å². The van der Waals surface area contributed by atoms with Crippen molar-refractivity contribution in [2.24, 2.45) is 7.05 Å². The number of carbonyl (C=O) groups is 1. The van der Waals surface area contributed by atoms with Crippen LogP contribution in [-0.4, -0.2) is 25.7 Å². The van der Waals surface area contributed by atoms with Gasteiger partial charge in [-0.25, -0.2) is 9.37 Å². The first-order valence-corrected chi connectivity index (χ1v) is 9.19. The zero-order valence-corrected chi connectivity index (χ0v) is 16.1. The molecule has 1 N–H and O–H groups in total. The maximum atomic E-state index is 14.2. The molecule has 0 unspecified atom stereocenters. The number of hydrogen-bond donors (Lipinski definition) is 1. The third kappa shape index (κ3) is 4.91. The zero-order chi connectivity index (χ0) is 21.2. The molecule has 0 aliphatic heterocycles. The Morgan fingerprint density at radius 2 is 2.00 bits per heavy atom. The molecule has 0 aliphatic rings. The number of carbonyl (C=O) groups excluding carboxylic acids is 1. The van der Waals surface area contributed by atoms with Gasteiger partial charge >= 0.3 is 6.18 Å². The first-order chi connectivity index (χ1) is 13.6. The molecule has 0 saturated carbocycles. The molecule has 6 nitrogen and oxygen atoms in total. The highest BCUT2D eigenvalue weighted by Crippen LogP contribution is 2.35. The minimum atomic E-state index is -4.69. The third-order valence-electron chi connectivity index (χ3n) is 3.93. The number of pyridine rings is 1. The molecule has 0 spiro atoms. The summed E-state index contributed by atoms with van der Waals surface area (Å²) < 4.78 is 54.2. The molecule has 152 valence electrons. The maximum absolute atomic E-state index is 14.2. The molecule has 1 amide bonds. The molecule has 3 aromatic rings. The van der Waals surface area contributed by atoms with Crippen molar-refractivity contribution < 1.29 is 22.4 Å². The van der Waals surface area contributed by atoms with Crippen molar-refractivity contribution in [1.82, 2.24) is 19.7 Å². The summed E-state index contributed by atoms with van der Waals surface area (Å²) in [6.45, 7) is 1.87. The van der Waals surface area contributed by atoms with Crippen LogP contribution in [0.15, 0.2) is 47.9 Å².